The van der Waals surface area contributed by atoms with Gasteiger partial charge in [0, 0.05) is 16.4 Å². The highest BCUT2D eigenvalue weighted by Gasteiger charge is 2.25. The van der Waals surface area contributed by atoms with Crippen molar-refractivity contribution in [2.45, 2.75) is 20.0 Å². The average molecular weight is 387 g/mol. The molecule has 1 atom stereocenters. The Labute approximate surface area is 161 Å². The molecule has 1 amide bonds. The molecule has 0 radical (unpaired) electrons. The molecule has 0 bridgehead atoms. The first-order chi connectivity index (χ1) is 13.1. The van der Waals surface area contributed by atoms with Crippen LogP contribution in [0.5, 0.6) is 0 Å². The fourth-order valence-electron chi connectivity index (χ4n) is 3.24. The van der Waals surface area contributed by atoms with Crippen LogP contribution in [0.15, 0.2) is 30.6 Å². The quantitative estimate of drug-likeness (QED) is 0.748. The molecule has 0 saturated carbocycles. The van der Waals surface area contributed by atoms with E-state index in [2.05, 4.69) is 15.3 Å². The van der Waals surface area contributed by atoms with Crippen LogP contribution in [-0.4, -0.2) is 46.4 Å². The number of ether oxygens (including phenoxy) is 2. The highest BCUT2D eigenvalue weighted by atomic mass is 35.5. The third-order valence-corrected chi connectivity index (χ3v) is 4.98. The van der Waals surface area contributed by atoms with Gasteiger partial charge in [-0.1, -0.05) is 11.6 Å². The van der Waals surface area contributed by atoms with E-state index in [1.165, 1.54) is 6.33 Å². The minimum absolute atomic E-state index is 0.240. The number of carbonyl (C=O) groups excluding carboxylic acids is 1. The molecule has 0 spiro atoms. The van der Waals surface area contributed by atoms with Gasteiger partial charge in [0.25, 0.3) is 5.91 Å². The van der Waals surface area contributed by atoms with Crippen LogP contribution < -0.4 is 5.32 Å². The Balaban J connectivity index is 1.76. The van der Waals surface area contributed by atoms with E-state index in [0.29, 0.717) is 24.1 Å². The van der Waals surface area contributed by atoms with Crippen LogP contribution in [0.1, 0.15) is 11.3 Å². The normalized spacial score (nSPS) is 17.2. The Bertz CT molecular complexity index is 994. The minimum atomic E-state index is -0.636. The van der Waals surface area contributed by atoms with E-state index in [1.54, 1.807) is 0 Å². The topological polar surface area (TPSA) is 78.3 Å². The first-order valence-corrected chi connectivity index (χ1v) is 9.03. The summed E-state index contributed by atoms with van der Waals surface area (Å²) in [6, 6.07) is 7.53. The lowest BCUT2D eigenvalue weighted by Gasteiger charge is -2.21. The molecule has 1 N–H and O–H groups in total. The third-order valence-electron chi connectivity index (χ3n) is 4.73. The van der Waals surface area contributed by atoms with E-state index in [4.69, 9.17) is 21.1 Å². The molecule has 8 heteroatoms. The van der Waals surface area contributed by atoms with E-state index in [-0.39, 0.29) is 12.5 Å². The third kappa shape index (κ3) is 3.29. The number of nitrogens with zero attached hydrogens (tertiary/aromatic N) is 3. The number of benzene rings is 1. The maximum absolute atomic E-state index is 12.5. The Morgan fingerprint density at radius 3 is 2.70 bits per heavy atom. The molecule has 1 unspecified atom stereocenters. The maximum Gasteiger partial charge on any atom is 0.257 e. The van der Waals surface area contributed by atoms with Gasteiger partial charge in [0.05, 0.1) is 25.2 Å². The number of hydrogen-bond donors (Lipinski definition) is 1. The van der Waals surface area contributed by atoms with E-state index in [9.17, 15) is 4.79 Å². The Kier molecular flexibility index (Phi) is 4.82. The van der Waals surface area contributed by atoms with Crippen molar-refractivity contribution in [2.75, 3.05) is 25.1 Å². The molecule has 1 aliphatic heterocycles. The van der Waals surface area contributed by atoms with Crippen molar-refractivity contribution < 1.29 is 14.3 Å². The molecular formula is C19H19ClN4O3. The molecule has 2 aromatic heterocycles. The van der Waals surface area contributed by atoms with Crippen molar-refractivity contribution in [3.05, 3.63) is 46.9 Å². The molecule has 27 heavy (non-hydrogen) atoms. The summed E-state index contributed by atoms with van der Waals surface area (Å²) < 4.78 is 12.8. The minimum Gasteiger partial charge on any atom is -0.376 e. The second-order valence-corrected chi connectivity index (χ2v) is 6.80. The SMILES string of the molecule is Cc1c(C)n(-c2ccc(Cl)cc2)c2ncnc(NC(=O)C3COCCO3)c12. The molecule has 1 fully saturated rings. The van der Waals surface area contributed by atoms with Crippen molar-refractivity contribution in [2.24, 2.45) is 0 Å². The smallest absolute Gasteiger partial charge is 0.257 e. The molecule has 3 heterocycles. The van der Waals surface area contributed by atoms with Crippen molar-refractivity contribution in [3.63, 3.8) is 0 Å². The van der Waals surface area contributed by atoms with Crippen molar-refractivity contribution in [1.82, 2.24) is 14.5 Å². The summed E-state index contributed by atoms with van der Waals surface area (Å²) in [7, 11) is 0. The molecule has 1 saturated heterocycles. The Morgan fingerprint density at radius 1 is 1.22 bits per heavy atom. The first kappa shape index (κ1) is 17.9. The van der Waals surface area contributed by atoms with Gasteiger partial charge in [-0.15, -0.1) is 0 Å². The molecule has 4 rings (SSSR count). The summed E-state index contributed by atoms with van der Waals surface area (Å²) in [6.45, 7) is 5.15. The van der Waals surface area contributed by atoms with Crippen LogP contribution in [0.4, 0.5) is 5.82 Å². The van der Waals surface area contributed by atoms with E-state index >= 15 is 0 Å². The second-order valence-electron chi connectivity index (χ2n) is 6.37. The highest BCUT2D eigenvalue weighted by molar-refractivity contribution is 6.30. The zero-order chi connectivity index (χ0) is 19.0. The van der Waals surface area contributed by atoms with E-state index < -0.39 is 6.10 Å². The summed E-state index contributed by atoms with van der Waals surface area (Å²) >= 11 is 6.01. The lowest BCUT2D eigenvalue weighted by Crippen LogP contribution is -2.39. The van der Waals surface area contributed by atoms with Gasteiger partial charge in [-0.3, -0.25) is 9.36 Å². The second kappa shape index (κ2) is 7.26. The monoisotopic (exact) mass is 386 g/mol. The van der Waals surface area contributed by atoms with Crippen molar-refractivity contribution in [3.8, 4) is 5.69 Å². The zero-order valence-corrected chi connectivity index (χ0v) is 15.8. The van der Waals surface area contributed by atoms with Crippen LogP contribution in [0.25, 0.3) is 16.7 Å². The Hall–Kier alpha value is -2.48. The van der Waals surface area contributed by atoms with E-state index in [1.807, 2.05) is 42.7 Å². The van der Waals surface area contributed by atoms with Gasteiger partial charge in [-0.05, 0) is 43.7 Å². The number of carbonyl (C=O) groups is 1. The van der Waals surface area contributed by atoms with Gasteiger partial charge in [-0.25, -0.2) is 9.97 Å². The van der Waals surface area contributed by atoms with Crippen LogP contribution in [0, 0.1) is 13.8 Å². The molecular weight excluding hydrogens is 368 g/mol. The first-order valence-electron chi connectivity index (χ1n) is 8.65. The number of fused-ring (bicyclic) bond motifs is 1. The van der Waals surface area contributed by atoms with Gasteiger partial charge in [0.1, 0.15) is 12.1 Å². The fraction of sp³-hybridized carbons (Fsp3) is 0.316. The number of amides is 1. The number of halogens is 1. The van der Waals surface area contributed by atoms with Gasteiger partial charge >= 0.3 is 0 Å². The summed E-state index contributed by atoms with van der Waals surface area (Å²) in [5.41, 5.74) is 3.67. The molecule has 1 aliphatic rings. The molecule has 0 aliphatic carbocycles. The molecule has 7 nitrogen and oxygen atoms in total. The van der Waals surface area contributed by atoms with Crippen LogP contribution >= 0.6 is 11.6 Å². The Morgan fingerprint density at radius 2 is 2.00 bits per heavy atom. The number of anilines is 1. The van der Waals surface area contributed by atoms with E-state index in [0.717, 1.165) is 28.0 Å². The zero-order valence-electron chi connectivity index (χ0n) is 15.0. The summed E-state index contributed by atoms with van der Waals surface area (Å²) in [4.78, 5) is 21.3. The van der Waals surface area contributed by atoms with Gasteiger partial charge in [-0.2, -0.15) is 0 Å². The average Bonchev–Trinajstić information content (AvgIpc) is 2.95. The van der Waals surface area contributed by atoms with Crippen LogP contribution in [0.3, 0.4) is 0 Å². The van der Waals surface area contributed by atoms with Crippen molar-refractivity contribution >= 4 is 34.4 Å². The highest BCUT2D eigenvalue weighted by Crippen LogP contribution is 2.31. The lowest BCUT2D eigenvalue weighted by molar-refractivity contribution is -0.142. The summed E-state index contributed by atoms with van der Waals surface area (Å²) in [6.07, 6.45) is 0.810. The summed E-state index contributed by atoms with van der Waals surface area (Å²) in [5, 5.41) is 4.34. The number of rotatable bonds is 3. The fourth-order valence-corrected chi connectivity index (χ4v) is 3.36. The van der Waals surface area contributed by atoms with Crippen LogP contribution in [0.2, 0.25) is 5.02 Å². The predicted molar refractivity (Wildman–Crippen MR) is 103 cm³/mol. The number of aromatic nitrogens is 3. The molecule has 3 aromatic rings. The van der Waals surface area contributed by atoms with Crippen molar-refractivity contribution in [1.29, 1.82) is 0 Å². The molecule has 140 valence electrons. The molecule has 1 aromatic carbocycles. The standard InChI is InChI=1S/C19H19ClN4O3/c1-11-12(2)24(14-5-3-13(20)4-6-14)18-16(11)17(21-10-22-18)23-19(25)15-9-26-7-8-27-15/h3-6,10,15H,7-9H2,1-2H3,(H,21,22,23,25). The van der Waals surface area contributed by atoms with Gasteiger partial charge < -0.3 is 14.8 Å². The summed E-state index contributed by atoms with van der Waals surface area (Å²) in [5.74, 6) is 0.193. The van der Waals surface area contributed by atoms with Crippen LogP contribution in [-0.2, 0) is 14.3 Å². The number of nitrogens with one attached hydrogen (secondary N) is 1. The lowest BCUT2D eigenvalue weighted by atomic mass is 10.2. The largest absolute Gasteiger partial charge is 0.376 e. The van der Waals surface area contributed by atoms with Gasteiger partial charge in [0.2, 0.25) is 0 Å². The maximum atomic E-state index is 12.5. The number of hydrogen-bond acceptors (Lipinski definition) is 5. The number of aryl methyl sites for hydroxylation is 1. The predicted octanol–water partition coefficient (Wildman–Crippen LogP) is 3.04. The van der Waals surface area contributed by atoms with Gasteiger partial charge in [0.15, 0.2) is 11.8 Å².